The second-order valence-electron chi connectivity index (χ2n) is 4.15. The Bertz CT molecular complexity index is 504. The van der Waals surface area contributed by atoms with Gasteiger partial charge in [-0.05, 0) is 12.8 Å². The van der Waals surface area contributed by atoms with Gasteiger partial charge in [-0.15, -0.1) is 0 Å². The van der Waals surface area contributed by atoms with Crippen LogP contribution in [0.1, 0.15) is 18.4 Å². The Labute approximate surface area is 103 Å². The fraction of sp³-hybridized carbons (Fsp3) is 0.455. The number of aromatic nitrogens is 1. The number of anilines is 1. The molecule has 0 atom stereocenters. The minimum atomic E-state index is -0.572. The van der Waals surface area contributed by atoms with Crippen LogP contribution in [0.4, 0.5) is 11.5 Å². The van der Waals surface area contributed by atoms with E-state index in [-0.39, 0.29) is 17.4 Å². The van der Waals surface area contributed by atoms with E-state index in [9.17, 15) is 15.2 Å². The van der Waals surface area contributed by atoms with Crippen molar-refractivity contribution in [3.05, 3.63) is 27.9 Å². The van der Waals surface area contributed by atoms with Gasteiger partial charge in [0.15, 0.2) is 0 Å². The zero-order valence-corrected chi connectivity index (χ0v) is 9.61. The average Bonchev–Trinajstić information content (AvgIpc) is 2.39. The summed E-state index contributed by atoms with van der Waals surface area (Å²) < 4.78 is 0. The molecule has 2 rings (SSSR count). The maximum atomic E-state index is 10.6. The van der Waals surface area contributed by atoms with Crippen LogP contribution in [0.15, 0.2) is 12.3 Å². The lowest BCUT2D eigenvalue weighted by Crippen LogP contribution is -2.36. The summed E-state index contributed by atoms with van der Waals surface area (Å²) in [5.41, 5.74) is 0.00735. The highest BCUT2D eigenvalue weighted by Crippen LogP contribution is 2.24. The lowest BCUT2D eigenvalue weighted by Gasteiger charge is -2.30. The summed E-state index contributed by atoms with van der Waals surface area (Å²) in [5.74, 6) is 0.454. The number of nitro groups is 1. The van der Waals surface area contributed by atoms with Crippen LogP contribution in [0.25, 0.3) is 0 Å². The van der Waals surface area contributed by atoms with Crippen molar-refractivity contribution in [3.63, 3.8) is 0 Å². The molecule has 0 radical (unpaired) electrons. The molecule has 2 heterocycles. The van der Waals surface area contributed by atoms with Gasteiger partial charge in [0.1, 0.15) is 23.6 Å². The maximum absolute atomic E-state index is 10.6. The van der Waals surface area contributed by atoms with Gasteiger partial charge < -0.3 is 10.0 Å². The molecule has 0 aliphatic carbocycles. The van der Waals surface area contributed by atoms with Crippen molar-refractivity contribution in [2.24, 2.45) is 0 Å². The fourth-order valence-corrected chi connectivity index (χ4v) is 1.96. The third-order valence-corrected chi connectivity index (χ3v) is 2.95. The predicted octanol–water partition coefficient (Wildman–Crippen LogP) is 0.823. The van der Waals surface area contributed by atoms with Crippen molar-refractivity contribution in [1.82, 2.24) is 4.98 Å². The molecular formula is C11H12N4O3. The fourth-order valence-electron chi connectivity index (χ4n) is 1.96. The van der Waals surface area contributed by atoms with Crippen LogP contribution in [0.5, 0.6) is 0 Å². The molecule has 0 amide bonds. The van der Waals surface area contributed by atoms with E-state index in [2.05, 4.69) is 4.98 Å². The molecule has 7 heteroatoms. The van der Waals surface area contributed by atoms with E-state index in [1.54, 1.807) is 0 Å². The van der Waals surface area contributed by atoms with E-state index in [1.807, 2.05) is 11.0 Å². The number of nitrogens with zero attached hydrogens (tertiary/aromatic N) is 4. The van der Waals surface area contributed by atoms with Crippen molar-refractivity contribution in [2.75, 3.05) is 18.0 Å². The molecule has 0 bridgehead atoms. The van der Waals surface area contributed by atoms with Gasteiger partial charge in [-0.1, -0.05) is 0 Å². The van der Waals surface area contributed by atoms with Gasteiger partial charge in [0, 0.05) is 19.2 Å². The van der Waals surface area contributed by atoms with Crippen LogP contribution in [-0.2, 0) is 0 Å². The Morgan fingerprint density at radius 2 is 2.22 bits per heavy atom. The van der Waals surface area contributed by atoms with Crippen molar-refractivity contribution < 1.29 is 10.0 Å². The van der Waals surface area contributed by atoms with Crippen molar-refractivity contribution in [2.45, 2.75) is 18.9 Å². The van der Waals surface area contributed by atoms with Crippen LogP contribution in [0.3, 0.4) is 0 Å². The van der Waals surface area contributed by atoms with Crippen molar-refractivity contribution >= 4 is 11.5 Å². The first-order valence-electron chi connectivity index (χ1n) is 5.59. The van der Waals surface area contributed by atoms with Gasteiger partial charge in [-0.25, -0.2) is 4.98 Å². The minimum absolute atomic E-state index is 0.188. The number of aliphatic hydroxyl groups is 1. The summed E-state index contributed by atoms with van der Waals surface area (Å²) in [6.45, 7) is 1.20. The molecule has 1 aromatic heterocycles. The molecule has 1 fully saturated rings. The normalized spacial score (nSPS) is 16.3. The summed E-state index contributed by atoms with van der Waals surface area (Å²) in [6.07, 6.45) is 2.07. The molecular weight excluding hydrogens is 236 g/mol. The number of piperidine rings is 1. The number of rotatable bonds is 2. The van der Waals surface area contributed by atoms with Crippen LogP contribution >= 0.6 is 0 Å². The van der Waals surface area contributed by atoms with Crippen molar-refractivity contribution in [3.8, 4) is 6.07 Å². The van der Waals surface area contributed by atoms with Gasteiger partial charge in [-0.3, -0.25) is 10.1 Å². The van der Waals surface area contributed by atoms with Gasteiger partial charge in [0.2, 0.25) is 0 Å². The lowest BCUT2D eigenvalue weighted by atomic mass is 10.1. The van der Waals surface area contributed by atoms with Crippen molar-refractivity contribution in [1.29, 1.82) is 5.26 Å². The third-order valence-electron chi connectivity index (χ3n) is 2.95. The quantitative estimate of drug-likeness (QED) is 0.614. The van der Waals surface area contributed by atoms with E-state index in [0.29, 0.717) is 31.7 Å². The van der Waals surface area contributed by atoms with Gasteiger partial charge >= 0.3 is 0 Å². The molecule has 0 saturated carbocycles. The monoisotopic (exact) mass is 248 g/mol. The molecule has 1 N–H and O–H groups in total. The largest absolute Gasteiger partial charge is 0.393 e. The topological polar surface area (TPSA) is 103 Å². The third kappa shape index (κ3) is 2.38. The molecule has 7 nitrogen and oxygen atoms in total. The molecule has 1 aliphatic heterocycles. The van der Waals surface area contributed by atoms with E-state index < -0.39 is 4.92 Å². The first kappa shape index (κ1) is 12.3. The van der Waals surface area contributed by atoms with Crippen LogP contribution in [0, 0.1) is 21.4 Å². The summed E-state index contributed by atoms with van der Waals surface area (Å²) in [5, 5.41) is 29.0. The van der Waals surface area contributed by atoms with Gasteiger partial charge in [0.05, 0.1) is 11.0 Å². The maximum Gasteiger partial charge on any atom is 0.289 e. The summed E-state index contributed by atoms with van der Waals surface area (Å²) >= 11 is 0. The number of aliphatic hydroxyl groups excluding tert-OH is 1. The number of hydrogen-bond acceptors (Lipinski definition) is 6. The Balaban J connectivity index is 2.28. The van der Waals surface area contributed by atoms with Crippen LogP contribution in [0.2, 0.25) is 0 Å². The average molecular weight is 248 g/mol. The molecule has 94 valence electrons. The zero-order chi connectivity index (χ0) is 13.1. The Hall–Kier alpha value is -2.20. The summed E-state index contributed by atoms with van der Waals surface area (Å²) in [7, 11) is 0. The number of pyridine rings is 1. The molecule has 1 aliphatic rings. The number of hydrogen-bond donors (Lipinski definition) is 1. The van der Waals surface area contributed by atoms with E-state index in [0.717, 1.165) is 6.20 Å². The predicted molar refractivity (Wildman–Crippen MR) is 63.1 cm³/mol. The van der Waals surface area contributed by atoms with E-state index in [4.69, 9.17) is 5.26 Å². The zero-order valence-electron chi connectivity index (χ0n) is 9.61. The molecule has 0 unspecified atom stereocenters. The van der Waals surface area contributed by atoms with Crippen LogP contribution < -0.4 is 4.90 Å². The second-order valence-corrected chi connectivity index (χ2v) is 4.15. The van der Waals surface area contributed by atoms with Gasteiger partial charge in [0.25, 0.3) is 5.69 Å². The Kier molecular flexibility index (Phi) is 3.39. The smallest absolute Gasteiger partial charge is 0.289 e. The second kappa shape index (κ2) is 4.98. The standard InChI is InChI=1S/C11H12N4O3/c12-6-8-5-9(15(17)18)7-13-11(8)14-3-1-10(16)2-4-14/h5,7,10,16H,1-4H2. The van der Waals surface area contributed by atoms with E-state index in [1.165, 1.54) is 6.07 Å². The molecule has 1 saturated heterocycles. The Morgan fingerprint density at radius 1 is 1.56 bits per heavy atom. The lowest BCUT2D eigenvalue weighted by molar-refractivity contribution is -0.385. The molecule has 18 heavy (non-hydrogen) atoms. The summed E-state index contributed by atoms with van der Waals surface area (Å²) in [4.78, 5) is 15.9. The number of nitriles is 1. The molecule has 0 aromatic carbocycles. The highest BCUT2D eigenvalue weighted by atomic mass is 16.6. The SMILES string of the molecule is N#Cc1cc([N+](=O)[O-])cnc1N1CCC(O)CC1. The first-order chi connectivity index (χ1) is 8.61. The van der Waals surface area contributed by atoms with Gasteiger partial charge in [-0.2, -0.15) is 5.26 Å². The summed E-state index contributed by atoms with van der Waals surface area (Å²) in [6, 6.07) is 3.16. The molecule has 1 aromatic rings. The van der Waals surface area contributed by atoms with E-state index >= 15 is 0 Å². The molecule has 0 spiro atoms. The minimum Gasteiger partial charge on any atom is -0.393 e. The first-order valence-corrected chi connectivity index (χ1v) is 5.59. The highest BCUT2D eigenvalue weighted by molar-refractivity contribution is 5.57. The highest BCUT2D eigenvalue weighted by Gasteiger charge is 2.22. The van der Waals surface area contributed by atoms with Crippen LogP contribution in [-0.4, -0.2) is 34.2 Å². The Morgan fingerprint density at radius 3 is 2.78 bits per heavy atom.